The monoisotopic (exact) mass is 273 g/mol. The molecular weight excluding hydrogens is 246 g/mol. The highest BCUT2D eigenvalue weighted by molar-refractivity contribution is 5.67. The molecule has 6 heteroatoms. The molecule has 0 bridgehead atoms. The van der Waals surface area contributed by atoms with Crippen LogP contribution in [0.1, 0.15) is 19.8 Å². The lowest BCUT2D eigenvalue weighted by Crippen LogP contribution is -2.47. The number of aliphatic hydroxyl groups excluding tert-OH is 1. The van der Waals surface area contributed by atoms with Crippen LogP contribution in [0.3, 0.4) is 0 Å². The fraction of sp³-hybridized carbons (Fsp3) is 0.923. The highest BCUT2D eigenvalue weighted by atomic mass is 16.6. The Bertz CT molecular complexity index is 266. The topological polar surface area (TPSA) is 65.0 Å². The Balaban J connectivity index is 2.18. The number of ether oxygens (including phenoxy) is 1. The van der Waals surface area contributed by atoms with Crippen LogP contribution in [0.4, 0.5) is 4.79 Å². The molecule has 0 aliphatic carbocycles. The molecule has 0 saturated carbocycles. The predicted molar refractivity (Wildman–Crippen MR) is 74.2 cm³/mol. The van der Waals surface area contributed by atoms with E-state index in [1.54, 1.807) is 4.90 Å². The minimum atomic E-state index is -0.349. The van der Waals surface area contributed by atoms with Crippen molar-refractivity contribution >= 4 is 6.09 Å². The number of nitrogens with one attached hydrogen (secondary N) is 1. The Morgan fingerprint density at radius 2 is 2.11 bits per heavy atom. The lowest BCUT2D eigenvalue weighted by Gasteiger charge is -2.32. The maximum absolute atomic E-state index is 11.5. The number of nitrogens with zero attached hydrogens (tertiary/aromatic N) is 2. The first kappa shape index (κ1) is 16.2. The van der Waals surface area contributed by atoms with Gasteiger partial charge < -0.3 is 25.0 Å². The average molecular weight is 273 g/mol. The molecule has 1 aliphatic heterocycles. The highest BCUT2D eigenvalue weighted by Gasteiger charge is 2.23. The van der Waals surface area contributed by atoms with Crippen LogP contribution in [0.25, 0.3) is 0 Å². The Morgan fingerprint density at radius 3 is 2.63 bits per heavy atom. The van der Waals surface area contributed by atoms with Gasteiger partial charge >= 0.3 is 6.09 Å². The molecule has 0 radical (unpaired) electrons. The van der Waals surface area contributed by atoms with Gasteiger partial charge in [-0.2, -0.15) is 0 Å². The van der Waals surface area contributed by atoms with E-state index < -0.39 is 0 Å². The molecule has 1 fully saturated rings. The number of piperidine rings is 1. The van der Waals surface area contributed by atoms with Gasteiger partial charge in [0.1, 0.15) is 0 Å². The number of hydrogen-bond donors (Lipinski definition) is 2. The molecule has 1 heterocycles. The molecule has 2 N–H and O–H groups in total. The standard InChI is InChI=1S/C13H27N3O3/c1-4-19-13(18)16-7-5-11(6-8-16)14-9-12(17)10-15(2)3/h11-12,14,17H,4-10H2,1-3H3. The molecule has 0 aromatic heterocycles. The molecule has 1 unspecified atom stereocenters. The van der Waals surface area contributed by atoms with Crippen LogP contribution in [0.5, 0.6) is 0 Å². The number of amides is 1. The lowest BCUT2D eigenvalue weighted by molar-refractivity contribution is 0.0909. The number of carbonyl (C=O) groups is 1. The van der Waals surface area contributed by atoms with Gasteiger partial charge in [-0.3, -0.25) is 0 Å². The first-order valence-electron chi connectivity index (χ1n) is 7.00. The van der Waals surface area contributed by atoms with Gasteiger partial charge in [0.2, 0.25) is 0 Å². The molecular formula is C13H27N3O3. The number of rotatable bonds is 6. The van der Waals surface area contributed by atoms with E-state index in [0.717, 1.165) is 25.9 Å². The zero-order valence-corrected chi connectivity index (χ0v) is 12.3. The van der Waals surface area contributed by atoms with Crippen molar-refractivity contribution in [1.82, 2.24) is 15.1 Å². The summed E-state index contributed by atoms with van der Waals surface area (Å²) < 4.78 is 4.98. The summed E-state index contributed by atoms with van der Waals surface area (Å²) in [6.45, 7) is 4.95. The second-order valence-electron chi connectivity index (χ2n) is 5.28. The summed E-state index contributed by atoms with van der Waals surface area (Å²) in [5.74, 6) is 0. The summed E-state index contributed by atoms with van der Waals surface area (Å²) in [6.07, 6.45) is 1.26. The maximum atomic E-state index is 11.5. The summed E-state index contributed by atoms with van der Waals surface area (Å²) in [5, 5.41) is 13.1. The number of carbonyl (C=O) groups excluding carboxylic acids is 1. The summed E-state index contributed by atoms with van der Waals surface area (Å²) in [5.41, 5.74) is 0. The van der Waals surface area contributed by atoms with Crippen molar-refractivity contribution in [3.63, 3.8) is 0 Å². The molecule has 6 nitrogen and oxygen atoms in total. The van der Waals surface area contributed by atoms with Crippen LogP contribution in [0.2, 0.25) is 0 Å². The Hall–Kier alpha value is -0.850. The van der Waals surface area contributed by atoms with E-state index in [4.69, 9.17) is 4.74 Å². The highest BCUT2D eigenvalue weighted by Crippen LogP contribution is 2.11. The van der Waals surface area contributed by atoms with E-state index >= 15 is 0 Å². The average Bonchev–Trinajstić information content (AvgIpc) is 2.36. The van der Waals surface area contributed by atoms with Crippen LogP contribution in [0, 0.1) is 0 Å². The Kier molecular flexibility index (Phi) is 7.12. The summed E-state index contributed by atoms with van der Waals surface area (Å²) in [7, 11) is 3.89. The minimum absolute atomic E-state index is 0.214. The largest absolute Gasteiger partial charge is 0.450 e. The summed E-state index contributed by atoms with van der Waals surface area (Å²) in [4.78, 5) is 15.2. The molecule has 1 rings (SSSR count). The van der Waals surface area contributed by atoms with Gasteiger partial charge in [0, 0.05) is 32.2 Å². The normalized spacial score (nSPS) is 18.7. The molecule has 1 saturated heterocycles. The third-order valence-corrected chi connectivity index (χ3v) is 3.24. The smallest absolute Gasteiger partial charge is 0.409 e. The van der Waals surface area contributed by atoms with Crippen molar-refractivity contribution in [2.24, 2.45) is 0 Å². The second-order valence-corrected chi connectivity index (χ2v) is 5.28. The number of hydrogen-bond acceptors (Lipinski definition) is 5. The van der Waals surface area contributed by atoms with Gasteiger partial charge in [-0.25, -0.2) is 4.79 Å². The lowest BCUT2D eigenvalue weighted by atomic mass is 10.1. The number of likely N-dealkylation sites (N-methyl/N-ethyl adjacent to an activating group) is 1. The molecule has 0 aromatic carbocycles. The van der Waals surface area contributed by atoms with Crippen LogP contribution in [-0.2, 0) is 4.74 Å². The zero-order chi connectivity index (χ0) is 14.3. The summed E-state index contributed by atoms with van der Waals surface area (Å²) >= 11 is 0. The van der Waals surface area contributed by atoms with Gasteiger partial charge in [-0.15, -0.1) is 0 Å². The van der Waals surface area contributed by atoms with E-state index in [9.17, 15) is 9.90 Å². The summed E-state index contributed by atoms with van der Waals surface area (Å²) in [6, 6.07) is 0.377. The Morgan fingerprint density at radius 1 is 1.47 bits per heavy atom. The molecule has 112 valence electrons. The third-order valence-electron chi connectivity index (χ3n) is 3.24. The van der Waals surface area contributed by atoms with E-state index in [-0.39, 0.29) is 12.2 Å². The van der Waals surface area contributed by atoms with Crippen molar-refractivity contribution in [1.29, 1.82) is 0 Å². The molecule has 1 aliphatic rings. The third kappa shape index (κ3) is 6.22. The van der Waals surface area contributed by atoms with Gasteiger partial charge in [0.25, 0.3) is 0 Å². The van der Waals surface area contributed by atoms with Crippen molar-refractivity contribution < 1.29 is 14.6 Å². The maximum Gasteiger partial charge on any atom is 0.409 e. The van der Waals surface area contributed by atoms with Crippen LogP contribution in [-0.4, -0.2) is 80.0 Å². The first-order chi connectivity index (χ1) is 9.02. The van der Waals surface area contributed by atoms with Gasteiger partial charge in [-0.1, -0.05) is 0 Å². The van der Waals surface area contributed by atoms with Gasteiger partial charge in [0.05, 0.1) is 12.7 Å². The Labute approximate surface area is 115 Å². The van der Waals surface area contributed by atoms with Gasteiger partial charge in [-0.05, 0) is 33.9 Å². The predicted octanol–water partition coefficient (Wildman–Crippen LogP) is 0.119. The van der Waals surface area contributed by atoms with Crippen molar-refractivity contribution in [3.05, 3.63) is 0 Å². The van der Waals surface area contributed by atoms with E-state index in [1.165, 1.54) is 0 Å². The fourth-order valence-corrected chi connectivity index (χ4v) is 2.27. The number of aliphatic hydroxyl groups is 1. The molecule has 19 heavy (non-hydrogen) atoms. The van der Waals surface area contributed by atoms with Crippen LogP contribution < -0.4 is 5.32 Å². The van der Waals surface area contributed by atoms with E-state index in [2.05, 4.69) is 5.32 Å². The minimum Gasteiger partial charge on any atom is -0.450 e. The molecule has 1 amide bonds. The SMILES string of the molecule is CCOC(=O)N1CCC(NCC(O)CN(C)C)CC1. The first-order valence-corrected chi connectivity index (χ1v) is 7.00. The van der Waals surface area contributed by atoms with Crippen molar-refractivity contribution in [2.75, 3.05) is 46.9 Å². The van der Waals surface area contributed by atoms with E-state index in [0.29, 0.717) is 25.7 Å². The zero-order valence-electron chi connectivity index (χ0n) is 12.3. The number of likely N-dealkylation sites (tertiary alicyclic amines) is 1. The molecule has 1 atom stereocenters. The van der Waals surface area contributed by atoms with Crippen molar-refractivity contribution in [3.8, 4) is 0 Å². The second kappa shape index (κ2) is 8.35. The van der Waals surface area contributed by atoms with Crippen LogP contribution >= 0.6 is 0 Å². The van der Waals surface area contributed by atoms with Crippen molar-refractivity contribution in [2.45, 2.75) is 31.9 Å². The molecule has 0 spiro atoms. The molecule has 0 aromatic rings. The van der Waals surface area contributed by atoms with Crippen LogP contribution in [0.15, 0.2) is 0 Å². The fourth-order valence-electron chi connectivity index (χ4n) is 2.27. The quantitative estimate of drug-likeness (QED) is 0.719. The van der Waals surface area contributed by atoms with E-state index in [1.807, 2.05) is 25.9 Å². The van der Waals surface area contributed by atoms with Gasteiger partial charge in [0.15, 0.2) is 0 Å².